The zero-order chi connectivity index (χ0) is 8.27. The van der Waals surface area contributed by atoms with Crippen LogP contribution in [-0.4, -0.2) is 14.7 Å². The summed E-state index contributed by atoms with van der Waals surface area (Å²) < 4.78 is 1.70. The highest BCUT2D eigenvalue weighted by Crippen LogP contribution is 2.11. The number of aliphatic hydroxyl groups is 1. The fraction of sp³-hybridized carbons (Fsp3) is 0.429. The molecule has 0 spiro atoms. The molecule has 0 bridgehead atoms. The first-order chi connectivity index (χ1) is 5.25. The maximum atomic E-state index is 9.28. The summed E-state index contributed by atoms with van der Waals surface area (Å²) in [6.07, 6.45) is 2.65. The maximum Gasteiger partial charge on any atom is 0.138 e. The molecular formula is C7H9N3O. The second-order valence-electron chi connectivity index (χ2n) is 2.27. The van der Waals surface area contributed by atoms with Gasteiger partial charge < -0.3 is 9.67 Å². The van der Waals surface area contributed by atoms with Gasteiger partial charge in [-0.2, -0.15) is 5.26 Å². The number of imidazole rings is 1. The van der Waals surface area contributed by atoms with E-state index in [1.807, 2.05) is 6.07 Å². The van der Waals surface area contributed by atoms with Crippen LogP contribution in [0.15, 0.2) is 12.4 Å². The molecule has 0 aliphatic carbocycles. The molecule has 1 aromatic rings. The highest BCUT2D eigenvalue weighted by atomic mass is 16.3. The van der Waals surface area contributed by atoms with E-state index in [2.05, 4.69) is 4.98 Å². The van der Waals surface area contributed by atoms with E-state index in [4.69, 9.17) is 5.26 Å². The molecule has 11 heavy (non-hydrogen) atoms. The number of rotatable bonds is 2. The van der Waals surface area contributed by atoms with Crippen LogP contribution in [0.25, 0.3) is 0 Å². The highest BCUT2D eigenvalue weighted by Gasteiger charge is 2.10. The van der Waals surface area contributed by atoms with Crippen molar-refractivity contribution in [3.63, 3.8) is 0 Å². The predicted octanol–water partition coefficient (Wildman–Crippen LogP) is 0.367. The van der Waals surface area contributed by atoms with Gasteiger partial charge in [-0.3, -0.25) is 0 Å². The molecule has 0 aliphatic rings. The third-order valence-electron chi connectivity index (χ3n) is 1.44. The Labute approximate surface area is 64.7 Å². The van der Waals surface area contributed by atoms with Crippen molar-refractivity contribution in [2.75, 3.05) is 0 Å². The van der Waals surface area contributed by atoms with E-state index in [1.54, 1.807) is 24.0 Å². The van der Waals surface area contributed by atoms with Gasteiger partial charge in [-0.1, -0.05) is 0 Å². The first kappa shape index (κ1) is 7.76. The van der Waals surface area contributed by atoms with Crippen LogP contribution in [0, 0.1) is 11.3 Å². The average molecular weight is 151 g/mol. The molecule has 0 aliphatic heterocycles. The number of hydrogen-bond donors (Lipinski definition) is 1. The summed E-state index contributed by atoms with van der Waals surface area (Å²) >= 11 is 0. The second kappa shape index (κ2) is 3.17. The molecule has 1 atom stereocenters. The fourth-order valence-electron chi connectivity index (χ4n) is 0.876. The van der Waals surface area contributed by atoms with E-state index in [9.17, 15) is 5.11 Å². The Morgan fingerprint density at radius 3 is 3.09 bits per heavy atom. The normalized spacial score (nSPS) is 12.5. The lowest BCUT2D eigenvalue weighted by atomic mass is 10.2. The van der Waals surface area contributed by atoms with Gasteiger partial charge in [-0.05, 0) is 0 Å². The number of nitriles is 1. The SMILES string of the molecule is Cn1ccnc1C(O)CC#N. The Morgan fingerprint density at radius 1 is 1.91 bits per heavy atom. The van der Waals surface area contributed by atoms with Crippen LogP contribution < -0.4 is 0 Å². The van der Waals surface area contributed by atoms with Gasteiger partial charge in [-0.25, -0.2) is 4.98 Å². The number of aromatic nitrogens is 2. The van der Waals surface area contributed by atoms with E-state index < -0.39 is 6.10 Å². The molecule has 0 radical (unpaired) electrons. The minimum atomic E-state index is -0.764. The Morgan fingerprint density at radius 2 is 2.64 bits per heavy atom. The lowest BCUT2D eigenvalue weighted by Gasteiger charge is -2.04. The number of aliphatic hydroxyl groups excluding tert-OH is 1. The van der Waals surface area contributed by atoms with Crippen molar-refractivity contribution in [3.8, 4) is 6.07 Å². The van der Waals surface area contributed by atoms with Gasteiger partial charge in [0.1, 0.15) is 11.9 Å². The minimum absolute atomic E-state index is 0.0881. The molecule has 58 valence electrons. The molecule has 1 heterocycles. The molecular weight excluding hydrogens is 142 g/mol. The summed E-state index contributed by atoms with van der Waals surface area (Å²) in [4.78, 5) is 3.90. The Hall–Kier alpha value is -1.34. The van der Waals surface area contributed by atoms with Crippen LogP contribution in [0.4, 0.5) is 0 Å². The van der Waals surface area contributed by atoms with Crippen molar-refractivity contribution in [3.05, 3.63) is 18.2 Å². The average Bonchev–Trinajstić information content (AvgIpc) is 2.36. The molecule has 1 aromatic heterocycles. The first-order valence-corrected chi connectivity index (χ1v) is 3.28. The van der Waals surface area contributed by atoms with Gasteiger partial charge in [0.25, 0.3) is 0 Å². The zero-order valence-corrected chi connectivity index (χ0v) is 6.23. The third-order valence-corrected chi connectivity index (χ3v) is 1.44. The third kappa shape index (κ3) is 1.57. The van der Waals surface area contributed by atoms with Crippen molar-refractivity contribution < 1.29 is 5.11 Å². The molecule has 0 fully saturated rings. The molecule has 1 rings (SSSR count). The van der Waals surface area contributed by atoms with Crippen LogP contribution in [0.5, 0.6) is 0 Å². The Bertz CT molecular complexity index is 273. The monoisotopic (exact) mass is 151 g/mol. The first-order valence-electron chi connectivity index (χ1n) is 3.28. The van der Waals surface area contributed by atoms with Crippen LogP contribution in [0.1, 0.15) is 18.3 Å². The van der Waals surface area contributed by atoms with Crippen molar-refractivity contribution in [2.24, 2.45) is 7.05 Å². The molecule has 4 heteroatoms. The van der Waals surface area contributed by atoms with Crippen molar-refractivity contribution in [2.45, 2.75) is 12.5 Å². The minimum Gasteiger partial charge on any atom is -0.384 e. The quantitative estimate of drug-likeness (QED) is 0.664. The van der Waals surface area contributed by atoms with Crippen LogP contribution >= 0.6 is 0 Å². The van der Waals surface area contributed by atoms with Crippen LogP contribution in [-0.2, 0) is 7.05 Å². The van der Waals surface area contributed by atoms with E-state index in [0.29, 0.717) is 5.82 Å². The zero-order valence-electron chi connectivity index (χ0n) is 6.23. The number of hydrogen-bond acceptors (Lipinski definition) is 3. The molecule has 0 saturated carbocycles. The number of aryl methyl sites for hydroxylation is 1. The van der Waals surface area contributed by atoms with E-state index in [-0.39, 0.29) is 6.42 Å². The van der Waals surface area contributed by atoms with Crippen molar-refractivity contribution in [1.29, 1.82) is 5.26 Å². The van der Waals surface area contributed by atoms with E-state index in [1.165, 1.54) is 0 Å². The molecule has 0 aromatic carbocycles. The predicted molar refractivity (Wildman–Crippen MR) is 38.4 cm³/mol. The lowest BCUT2D eigenvalue weighted by molar-refractivity contribution is 0.170. The maximum absolute atomic E-state index is 9.28. The van der Waals surface area contributed by atoms with Gasteiger partial charge in [0.05, 0.1) is 12.5 Å². The molecule has 1 N–H and O–H groups in total. The van der Waals surface area contributed by atoms with Gasteiger partial charge in [0.2, 0.25) is 0 Å². The molecule has 0 saturated heterocycles. The summed E-state index contributed by atoms with van der Waals surface area (Å²) in [6, 6.07) is 1.88. The van der Waals surface area contributed by atoms with Gasteiger partial charge >= 0.3 is 0 Å². The number of nitrogens with zero attached hydrogens (tertiary/aromatic N) is 3. The topological polar surface area (TPSA) is 61.8 Å². The largest absolute Gasteiger partial charge is 0.384 e. The van der Waals surface area contributed by atoms with Crippen LogP contribution in [0.3, 0.4) is 0 Å². The summed E-state index contributed by atoms with van der Waals surface area (Å²) in [7, 11) is 1.78. The van der Waals surface area contributed by atoms with Gasteiger partial charge in [-0.15, -0.1) is 0 Å². The van der Waals surface area contributed by atoms with E-state index >= 15 is 0 Å². The molecule has 0 amide bonds. The molecule has 1 unspecified atom stereocenters. The van der Waals surface area contributed by atoms with Crippen LogP contribution in [0.2, 0.25) is 0 Å². The smallest absolute Gasteiger partial charge is 0.138 e. The summed E-state index contributed by atoms with van der Waals surface area (Å²) in [5.74, 6) is 0.534. The van der Waals surface area contributed by atoms with Crippen molar-refractivity contribution >= 4 is 0 Å². The Kier molecular flexibility index (Phi) is 2.24. The molecule has 4 nitrogen and oxygen atoms in total. The standard InChI is InChI=1S/C7H9N3O/c1-10-5-4-9-7(10)6(11)2-3-8/h4-6,11H,2H2,1H3. The summed E-state index contributed by atoms with van der Waals surface area (Å²) in [5.41, 5.74) is 0. The van der Waals surface area contributed by atoms with Crippen molar-refractivity contribution in [1.82, 2.24) is 9.55 Å². The second-order valence-corrected chi connectivity index (χ2v) is 2.27. The van der Waals surface area contributed by atoms with Gasteiger partial charge in [0.15, 0.2) is 0 Å². The fourth-order valence-corrected chi connectivity index (χ4v) is 0.876. The Balaban J connectivity index is 2.77. The summed E-state index contributed by atoms with van der Waals surface area (Å²) in [5, 5.41) is 17.6. The highest BCUT2D eigenvalue weighted by molar-refractivity contribution is 4.97. The van der Waals surface area contributed by atoms with Gasteiger partial charge in [0, 0.05) is 19.4 Å². The van der Waals surface area contributed by atoms with E-state index in [0.717, 1.165) is 0 Å². The lowest BCUT2D eigenvalue weighted by Crippen LogP contribution is -2.04. The summed E-state index contributed by atoms with van der Waals surface area (Å²) in [6.45, 7) is 0.